The molecule has 0 saturated carbocycles. The molecule has 0 radical (unpaired) electrons. The molecule has 6 heteroatoms. The maximum absolute atomic E-state index is 12.2. The number of fused-ring (bicyclic) bond motifs is 1. The lowest BCUT2D eigenvalue weighted by atomic mass is 10.0. The first-order chi connectivity index (χ1) is 10.1. The molecule has 2 fully saturated rings. The van der Waals surface area contributed by atoms with Crippen molar-refractivity contribution in [1.29, 1.82) is 0 Å². The van der Waals surface area contributed by atoms with Crippen LogP contribution >= 0.6 is 27.5 Å². The number of amides is 1. The fourth-order valence-corrected chi connectivity index (χ4v) is 3.85. The summed E-state index contributed by atoms with van der Waals surface area (Å²) in [5.41, 5.74) is 0. The van der Waals surface area contributed by atoms with Gasteiger partial charge in [0.25, 0.3) is 0 Å². The second kappa shape index (κ2) is 6.55. The van der Waals surface area contributed by atoms with Gasteiger partial charge in [0.05, 0.1) is 17.5 Å². The number of hydrogen-bond acceptors (Lipinski definition) is 3. The molecule has 1 amide bonds. The minimum atomic E-state index is 0.189. The van der Waals surface area contributed by atoms with Gasteiger partial charge >= 0.3 is 0 Å². The van der Waals surface area contributed by atoms with Crippen LogP contribution in [0.3, 0.4) is 0 Å². The summed E-state index contributed by atoms with van der Waals surface area (Å²) in [4.78, 5) is 14.2. The van der Waals surface area contributed by atoms with Crippen LogP contribution in [0.2, 0.25) is 5.02 Å². The maximum Gasteiger partial charge on any atom is 0.226 e. The van der Waals surface area contributed by atoms with Crippen LogP contribution in [0.5, 0.6) is 5.75 Å². The first kappa shape index (κ1) is 15.1. The molecular weight excluding hydrogens is 356 g/mol. The molecule has 21 heavy (non-hydrogen) atoms. The van der Waals surface area contributed by atoms with Crippen LogP contribution in [0.1, 0.15) is 6.42 Å². The Kier molecular flexibility index (Phi) is 4.72. The molecule has 1 aromatic rings. The van der Waals surface area contributed by atoms with Gasteiger partial charge in [-0.1, -0.05) is 11.6 Å². The van der Waals surface area contributed by atoms with Crippen LogP contribution in [0.15, 0.2) is 22.7 Å². The van der Waals surface area contributed by atoms with Crippen molar-refractivity contribution in [2.24, 2.45) is 11.8 Å². The third-order valence-corrected chi connectivity index (χ3v) is 5.06. The van der Waals surface area contributed by atoms with Crippen molar-refractivity contribution in [2.75, 3.05) is 32.8 Å². The van der Waals surface area contributed by atoms with Crippen LogP contribution in [0.4, 0.5) is 0 Å². The van der Waals surface area contributed by atoms with Crippen molar-refractivity contribution in [1.82, 2.24) is 10.2 Å². The van der Waals surface area contributed by atoms with E-state index in [1.54, 1.807) is 12.1 Å². The van der Waals surface area contributed by atoms with Gasteiger partial charge in [-0.2, -0.15) is 0 Å². The fourth-order valence-electron chi connectivity index (χ4n) is 3.06. The number of ether oxygens (including phenoxy) is 1. The quantitative estimate of drug-likeness (QED) is 0.882. The van der Waals surface area contributed by atoms with E-state index in [1.807, 2.05) is 11.0 Å². The summed E-state index contributed by atoms with van der Waals surface area (Å²) in [6, 6.07) is 5.37. The van der Waals surface area contributed by atoms with Crippen molar-refractivity contribution in [3.05, 3.63) is 27.7 Å². The van der Waals surface area contributed by atoms with Gasteiger partial charge in [0.2, 0.25) is 5.91 Å². The van der Waals surface area contributed by atoms with Gasteiger partial charge in [0.15, 0.2) is 0 Å². The van der Waals surface area contributed by atoms with Crippen molar-refractivity contribution >= 4 is 33.4 Å². The molecule has 1 aromatic carbocycles. The molecular formula is C15H18BrClN2O2. The molecule has 4 nitrogen and oxygen atoms in total. The lowest BCUT2D eigenvalue weighted by molar-refractivity contribution is -0.130. The van der Waals surface area contributed by atoms with Gasteiger partial charge in [-0.05, 0) is 46.0 Å². The summed E-state index contributed by atoms with van der Waals surface area (Å²) < 4.78 is 6.46. The van der Waals surface area contributed by atoms with E-state index < -0.39 is 0 Å². The molecule has 3 rings (SSSR count). The van der Waals surface area contributed by atoms with Gasteiger partial charge in [-0.3, -0.25) is 4.79 Å². The highest BCUT2D eigenvalue weighted by Gasteiger charge is 2.37. The largest absolute Gasteiger partial charge is 0.492 e. The lowest BCUT2D eigenvalue weighted by Gasteiger charge is -2.17. The first-order valence-electron chi connectivity index (χ1n) is 7.20. The molecule has 114 valence electrons. The van der Waals surface area contributed by atoms with E-state index >= 15 is 0 Å². The van der Waals surface area contributed by atoms with Crippen LogP contribution in [-0.2, 0) is 4.79 Å². The summed E-state index contributed by atoms with van der Waals surface area (Å²) in [5, 5.41) is 4.04. The van der Waals surface area contributed by atoms with Crippen molar-refractivity contribution < 1.29 is 9.53 Å². The molecule has 0 aliphatic carbocycles. The number of benzene rings is 1. The summed E-state index contributed by atoms with van der Waals surface area (Å²) in [7, 11) is 0. The van der Waals surface area contributed by atoms with Gasteiger partial charge in [-0.15, -0.1) is 0 Å². The molecule has 2 saturated heterocycles. The monoisotopic (exact) mass is 372 g/mol. The summed E-state index contributed by atoms with van der Waals surface area (Å²) >= 11 is 9.28. The lowest BCUT2D eigenvalue weighted by Crippen LogP contribution is -2.32. The third-order valence-electron chi connectivity index (χ3n) is 4.21. The Bertz CT molecular complexity index is 528. The standard InChI is InChI=1S/C15H18BrClN2O2/c16-13-5-12(17)1-2-14(13)21-4-3-15(20)19-8-10-6-18-7-11(10)9-19/h1-2,5,10-11,18H,3-4,6-9H2/t10-,11+. The molecule has 0 aromatic heterocycles. The Morgan fingerprint density at radius 3 is 2.76 bits per heavy atom. The number of nitrogens with one attached hydrogen (secondary N) is 1. The van der Waals surface area contributed by atoms with Gasteiger partial charge in [0.1, 0.15) is 5.75 Å². The summed E-state index contributed by atoms with van der Waals surface area (Å²) in [6.45, 7) is 4.26. The Labute approximate surface area is 137 Å². The average Bonchev–Trinajstić information content (AvgIpc) is 3.02. The molecule has 0 unspecified atom stereocenters. The number of rotatable bonds is 4. The van der Waals surface area contributed by atoms with Gasteiger partial charge in [-0.25, -0.2) is 0 Å². The highest BCUT2D eigenvalue weighted by molar-refractivity contribution is 9.10. The Balaban J connectivity index is 1.46. The molecule has 2 heterocycles. The summed E-state index contributed by atoms with van der Waals surface area (Å²) in [5.74, 6) is 2.18. The molecule has 1 N–H and O–H groups in total. The topological polar surface area (TPSA) is 41.6 Å². The molecule has 2 atom stereocenters. The Hall–Kier alpha value is -0.780. The van der Waals surface area contributed by atoms with Crippen LogP contribution < -0.4 is 10.1 Å². The van der Waals surface area contributed by atoms with Gasteiger partial charge < -0.3 is 15.0 Å². The molecule has 0 spiro atoms. The average molecular weight is 374 g/mol. The second-order valence-corrected chi connectivity index (χ2v) is 6.94. The zero-order chi connectivity index (χ0) is 14.8. The zero-order valence-electron chi connectivity index (χ0n) is 11.6. The normalized spacial score (nSPS) is 24.2. The predicted octanol–water partition coefficient (Wildman–Crippen LogP) is 2.55. The van der Waals surface area contributed by atoms with Crippen LogP contribution in [0, 0.1) is 11.8 Å². The first-order valence-corrected chi connectivity index (χ1v) is 8.37. The Morgan fingerprint density at radius 1 is 1.38 bits per heavy atom. The number of nitrogens with zero attached hydrogens (tertiary/aromatic N) is 1. The van der Waals surface area contributed by atoms with Gasteiger partial charge in [0, 0.05) is 31.2 Å². The molecule has 2 aliphatic rings. The number of carbonyl (C=O) groups excluding carboxylic acids is 1. The number of hydrogen-bond donors (Lipinski definition) is 1. The van der Waals surface area contributed by atoms with Crippen molar-refractivity contribution in [3.63, 3.8) is 0 Å². The zero-order valence-corrected chi connectivity index (χ0v) is 14.0. The minimum Gasteiger partial charge on any atom is -0.492 e. The van der Waals surface area contributed by atoms with E-state index in [9.17, 15) is 4.79 Å². The highest BCUT2D eigenvalue weighted by Crippen LogP contribution is 2.29. The van der Waals surface area contributed by atoms with Crippen molar-refractivity contribution in [2.45, 2.75) is 6.42 Å². The van der Waals surface area contributed by atoms with E-state index in [0.717, 1.165) is 36.4 Å². The van der Waals surface area contributed by atoms with E-state index in [-0.39, 0.29) is 5.91 Å². The number of likely N-dealkylation sites (tertiary alicyclic amines) is 1. The van der Waals surface area contributed by atoms with Crippen LogP contribution in [-0.4, -0.2) is 43.6 Å². The third kappa shape index (κ3) is 3.52. The van der Waals surface area contributed by atoms with E-state index in [2.05, 4.69) is 21.2 Å². The predicted molar refractivity (Wildman–Crippen MR) is 85.7 cm³/mol. The maximum atomic E-state index is 12.2. The van der Waals surface area contributed by atoms with E-state index in [4.69, 9.17) is 16.3 Å². The number of halogens is 2. The molecule has 2 aliphatic heterocycles. The number of carbonyl (C=O) groups is 1. The molecule has 0 bridgehead atoms. The highest BCUT2D eigenvalue weighted by atomic mass is 79.9. The Morgan fingerprint density at radius 2 is 2.10 bits per heavy atom. The second-order valence-electron chi connectivity index (χ2n) is 5.65. The van der Waals surface area contributed by atoms with E-state index in [0.29, 0.717) is 29.9 Å². The summed E-state index contributed by atoms with van der Waals surface area (Å²) in [6.07, 6.45) is 0.419. The fraction of sp³-hybridized carbons (Fsp3) is 0.533. The van der Waals surface area contributed by atoms with Crippen LogP contribution in [0.25, 0.3) is 0 Å². The van der Waals surface area contributed by atoms with Crippen molar-refractivity contribution in [3.8, 4) is 5.75 Å². The SMILES string of the molecule is O=C(CCOc1ccc(Cl)cc1Br)N1C[C@H]2CNC[C@H]2C1. The minimum absolute atomic E-state index is 0.189. The smallest absolute Gasteiger partial charge is 0.226 e. The van der Waals surface area contributed by atoms with E-state index in [1.165, 1.54) is 0 Å².